The minimum Gasteiger partial charge on any atom is -0.508 e. The van der Waals surface area contributed by atoms with Crippen LogP contribution in [0.3, 0.4) is 0 Å². The van der Waals surface area contributed by atoms with E-state index in [1.807, 2.05) is 12.1 Å². The van der Waals surface area contributed by atoms with Crippen molar-refractivity contribution in [2.24, 2.45) is 11.8 Å². The summed E-state index contributed by atoms with van der Waals surface area (Å²) < 4.78 is 6.36. The van der Waals surface area contributed by atoms with Gasteiger partial charge in [0.05, 0.1) is 6.10 Å². The fourth-order valence-electron chi connectivity index (χ4n) is 5.50. The molecule has 3 aliphatic rings. The Morgan fingerprint density at radius 3 is 2.44 bits per heavy atom. The van der Waals surface area contributed by atoms with Gasteiger partial charge in [0.25, 0.3) is 0 Å². The first-order valence-corrected chi connectivity index (χ1v) is 10.6. The van der Waals surface area contributed by atoms with E-state index in [2.05, 4.69) is 23.5 Å². The molecular weight excluding hydrogens is 334 g/mol. The van der Waals surface area contributed by atoms with Crippen LogP contribution in [0.1, 0.15) is 56.6 Å². The third-order valence-corrected chi connectivity index (χ3v) is 6.87. The molecule has 0 radical (unpaired) electrons. The Morgan fingerprint density at radius 1 is 0.852 bits per heavy atom. The summed E-state index contributed by atoms with van der Waals surface area (Å²) in [4.78, 5) is 0. The van der Waals surface area contributed by atoms with Crippen molar-refractivity contribution in [1.82, 2.24) is 0 Å². The van der Waals surface area contributed by atoms with Gasteiger partial charge in [0, 0.05) is 29.8 Å². The van der Waals surface area contributed by atoms with Crippen molar-refractivity contribution < 1.29 is 9.84 Å². The SMILES string of the molecule is Oc1ccc(-c2ccc3c(c2)C2OCCC[C@H]2[C@@H](C2CCCCC2)N3)cc1. The average Bonchev–Trinajstić information content (AvgIpc) is 2.74. The molecule has 3 heteroatoms. The Kier molecular flexibility index (Phi) is 4.56. The first-order valence-electron chi connectivity index (χ1n) is 10.6. The number of benzene rings is 2. The Balaban J connectivity index is 1.50. The molecule has 5 rings (SSSR count). The summed E-state index contributed by atoms with van der Waals surface area (Å²) >= 11 is 0. The molecule has 2 fully saturated rings. The predicted molar refractivity (Wildman–Crippen MR) is 109 cm³/mol. The number of hydrogen-bond donors (Lipinski definition) is 2. The third-order valence-electron chi connectivity index (χ3n) is 6.87. The van der Waals surface area contributed by atoms with Crippen LogP contribution in [-0.4, -0.2) is 17.8 Å². The van der Waals surface area contributed by atoms with Crippen molar-refractivity contribution >= 4 is 5.69 Å². The number of nitrogens with one attached hydrogen (secondary N) is 1. The maximum Gasteiger partial charge on any atom is 0.115 e. The maximum atomic E-state index is 9.57. The third kappa shape index (κ3) is 3.23. The Hall–Kier alpha value is -2.00. The van der Waals surface area contributed by atoms with E-state index in [0.29, 0.717) is 17.7 Å². The number of hydrogen-bond acceptors (Lipinski definition) is 3. The molecule has 0 amide bonds. The monoisotopic (exact) mass is 363 g/mol. The molecule has 27 heavy (non-hydrogen) atoms. The molecule has 3 atom stereocenters. The molecule has 2 aliphatic heterocycles. The zero-order chi connectivity index (χ0) is 18.2. The van der Waals surface area contributed by atoms with Gasteiger partial charge in [0.15, 0.2) is 0 Å². The first kappa shape index (κ1) is 17.1. The zero-order valence-electron chi connectivity index (χ0n) is 15.9. The highest BCUT2D eigenvalue weighted by Gasteiger charge is 2.42. The fraction of sp³-hybridized carbons (Fsp3) is 0.500. The molecule has 142 valence electrons. The van der Waals surface area contributed by atoms with Crippen molar-refractivity contribution in [3.05, 3.63) is 48.0 Å². The van der Waals surface area contributed by atoms with E-state index in [1.165, 1.54) is 61.8 Å². The second kappa shape index (κ2) is 7.20. The van der Waals surface area contributed by atoms with Crippen LogP contribution in [0.25, 0.3) is 11.1 Å². The molecule has 1 saturated carbocycles. The summed E-state index contributed by atoms with van der Waals surface area (Å²) in [6.45, 7) is 0.876. The van der Waals surface area contributed by atoms with E-state index in [4.69, 9.17) is 4.74 Å². The molecule has 1 unspecified atom stereocenters. The van der Waals surface area contributed by atoms with E-state index in [9.17, 15) is 5.11 Å². The Morgan fingerprint density at radius 2 is 1.63 bits per heavy atom. The van der Waals surface area contributed by atoms with E-state index in [-0.39, 0.29) is 6.10 Å². The summed E-state index contributed by atoms with van der Waals surface area (Å²) in [7, 11) is 0. The molecule has 0 bridgehead atoms. The Bertz CT molecular complexity index is 795. The van der Waals surface area contributed by atoms with Crippen molar-refractivity contribution in [3.63, 3.8) is 0 Å². The van der Waals surface area contributed by atoms with Gasteiger partial charge < -0.3 is 15.2 Å². The van der Waals surface area contributed by atoms with Gasteiger partial charge in [-0.05, 0) is 67.0 Å². The van der Waals surface area contributed by atoms with Crippen LogP contribution in [-0.2, 0) is 4.74 Å². The van der Waals surface area contributed by atoms with E-state index < -0.39 is 0 Å². The van der Waals surface area contributed by atoms with Gasteiger partial charge in [0.2, 0.25) is 0 Å². The largest absolute Gasteiger partial charge is 0.508 e. The molecule has 0 aromatic heterocycles. The summed E-state index contributed by atoms with van der Waals surface area (Å²) in [5.41, 5.74) is 4.91. The van der Waals surface area contributed by atoms with Crippen LogP contribution in [0.4, 0.5) is 5.69 Å². The van der Waals surface area contributed by atoms with Crippen LogP contribution in [0.5, 0.6) is 5.75 Å². The van der Waals surface area contributed by atoms with Gasteiger partial charge in [-0.3, -0.25) is 0 Å². The van der Waals surface area contributed by atoms with Crippen molar-refractivity contribution in [3.8, 4) is 16.9 Å². The number of fused-ring (bicyclic) bond motifs is 3. The van der Waals surface area contributed by atoms with Crippen molar-refractivity contribution in [2.45, 2.75) is 57.1 Å². The minimum atomic E-state index is 0.221. The highest BCUT2D eigenvalue weighted by molar-refractivity contribution is 5.70. The molecule has 2 N–H and O–H groups in total. The summed E-state index contributed by atoms with van der Waals surface area (Å²) in [6, 6.07) is 14.8. The molecule has 2 aromatic rings. The molecule has 1 saturated heterocycles. The number of anilines is 1. The van der Waals surface area contributed by atoms with Gasteiger partial charge in [0.1, 0.15) is 5.75 Å². The lowest BCUT2D eigenvalue weighted by atomic mass is 9.71. The van der Waals surface area contributed by atoms with Crippen LogP contribution in [0, 0.1) is 11.8 Å². The Labute approximate surface area is 161 Å². The number of phenols is 1. The highest BCUT2D eigenvalue weighted by Crippen LogP contribution is 2.48. The lowest BCUT2D eigenvalue weighted by Crippen LogP contribution is -2.46. The second-order valence-corrected chi connectivity index (χ2v) is 8.51. The van der Waals surface area contributed by atoms with Crippen LogP contribution >= 0.6 is 0 Å². The van der Waals surface area contributed by atoms with Gasteiger partial charge in [-0.15, -0.1) is 0 Å². The maximum absolute atomic E-state index is 9.57. The molecular formula is C24H29NO2. The molecule has 1 aliphatic carbocycles. The topological polar surface area (TPSA) is 41.5 Å². The van der Waals surface area contributed by atoms with Crippen LogP contribution in [0.2, 0.25) is 0 Å². The first-order chi connectivity index (χ1) is 13.3. The highest BCUT2D eigenvalue weighted by atomic mass is 16.5. The normalized spacial score (nSPS) is 28.1. The molecule has 3 nitrogen and oxygen atoms in total. The molecule has 2 heterocycles. The second-order valence-electron chi connectivity index (χ2n) is 8.51. The lowest BCUT2D eigenvalue weighted by Gasteiger charge is -2.47. The smallest absolute Gasteiger partial charge is 0.115 e. The number of phenolic OH excluding ortho intramolecular Hbond substituents is 1. The zero-order valence-corrected chi connectivity index (χ0v) is 15.9. The van der Waals surface area contributed by atoms with Gasteiger partial charge >= 0.3 is 0 Å². The minimum absolute atomic E-state index is 0.221. The molecule has 2 aromatic carbocycles. The molecule has 0 spiro atoms. The lowest BCUT2D eigenvalue weighted by molar-refractivity contribution is -0.0457. The van der Waals surface area contributed by atoms with Crippen molar-refractivity contribution in [2.75, 3.05) is 11.9 Å². The van der Waals surface area contributed by atoms with E-state index in [1.54, 1.807) is 12.1 Å². The fourth-order valence-corrected chi connectivity index (χ4v) is 5.50. The number of aromatic hydroxyl groups is 1. The predicted octanol–water partition coefficient (Wildman–Crippen LogP) is 5.90. The van der Waals surface area contributed by atoms with Gasteiger partial charge in [-0.25, -0.2) is 0 Å². The van der Waals surface area contributed by atoms with E-state index in [0.717, 1.165) is 18.1 Å². The summed E-state index contributed by atoms with van der Waals surface area (Å²) in [5.74, 6) is 1.69. The van der Waals surface area contributed by atoms with Crippen LogP contribution in [0.15, 0.2) is 42.5 Å². The summed E-state index contributed by atoms with van der Waals surface area (Å²) in [6.07, 6.45) is 9.56. The quantitative estimate of drug-likeness (QED) is 0.698. The van der Waals surface area contributed by atoms with Crippen LogP contribution < -0.4 is 5.32 Å². The number of ether oxygens (including phenoxy) is 1. The van der Waals surface area contributed by atoms with Crippen molar-refractivity contribution in [1.29, 1.82) is 0 Å². The van der Waals surface area contributed by atoms with E-state index >= 15 is 0 Å². The summed E-state index contributed by atoms with van der Waals surface area (Å²) in [5, 5.41) is 13.5. The van der Waals surface area contributed by atoms with Gasteiger partial charge in [-0.2, -0.15) is 0 Å². The van der Waals surface area contributed by atoms with Gasteiger partial charge in [-0.1, -0.05) is 37.5 Å². The number of rotatable bonds is 2. The average molecular weight is 364 g/mol. The standard InChI is InChI=1S/C24H29NO2/c26-19-11-8-16(9-12-19)18-10-13-22-21(15-18)24-20(7-4-14-27-24)23(25-22)17-5-2-1-3-6-17/h8-13,15,17,20,23-26H,1-7,14H2/t20-,23+,24?/m0/s1.